The van der Waals surface area contributed by atoms with Crippen LogP contribution in [0.4, 0.5) is 0 Å². The van der Waals surface area contributed by atoms with Gasteiger partial charge in [0.25, 0.3) is 0 Å². The van der Waals surface area contributed by atoms with Gasteiger partial charge >= 0.3 is 5.97 Å². The highest BCUT2D eigenvalue weighted by atomic mass is 16.6. The van der Waals surface area contributed by atoms with E-state index < -0.39 is 29.3 Å². The van der Waals surface area contributed by atoms with E-state index in [4.69, 9.17) is 4.74 Å². The third-order valence-corrected chi connectivity index (χ3v) is 6.74. The lowest BCUT2D eigenvalue weighted by atomic mass is 9.79. The summed E-state index contributed by atoms with van der Waals surface area (Å²) in [6.07, 6.45) is 0.243. The highest BCUT2D eigenvalue weighted by molar-refractivity contribution is 5.84. The van der Waals surface area contributed by atoms with E-state index in [1.165, 1.54) is 0 Å². The molecule has 0 saturated carbocycles. The first-order valence-corrected chi connectivity index (χ1v) is 13.1. The molecule has 1 aliphatic rings. The number of hydrogen-bond donors (Lipinski definition) is 2. The highest BCUT2D eigenvalue weighted by Gasteiger charge is 2.47. The van der Waals surface area contributed by atoms with Crippen LogP contribution in [-0.4, -0.2) is 34.6 Å². The molecule has 3 aromatic rings. The van der Waals surface area contributed by atoms with Crippen LogP contribution in [0.25, 0.3) is 11.1 Å². The van der Waals surface area contributed by atoms with Crippen LogP contribution in [0.5, 0.6) is 0 Å². The van der Waals surface area contributed by atoms with E-state index in [-0.39, 0.29) is 18.6 Å². The minimum Gasteiger partial charge on any atom is -0.459 e. The lowest BCUT2D eigenvalue weighted by Gasteiger charge is -2.38. The molecule has 0 spiro atoms. The molecule has 37 heavy (non-hydrogen) atoms. The van der Waals surface area contributed by atoms with Gasteiger partial charge in [0.2, 0.25) is 0 Å². The van der Waals surface area contributed by atoms with Crippen LogP contribution in [0.3, 0.4) is 0 Å². The second-order valence-electron chi connectivity index (χ2n) is 10.8. The lowest BCUT2D eigenvalue weighted by Crippen LogP contribution is -2.54. The molecule has 194 valence electrons. The van der Waals surface area contributed by atoms with Gasteiger partial charge < -0.3 is 9.84 Å². The first kappa shape index (κ1) is 26.8. The molecule has 2 N–H and O–H groups in total. The van der Waals surface area contributed by atoms with Crippen molar-refractivity contribution in [1.82, 2.24) is 5.32 Å². The number of hydrogen-bond acceptors (Lipinski definition) is 5. The normalized spacial score (nSPS) is 15.4. The molecule has 0 fully saturated rings. The van der Waals surface area contributed by atoms with Crippen LogP contribution in [0.2, 0.25) is 0 Å². The zero-order valence-electron chi connectivity index (χ0n) is 22.2. The Labute approximate surface area is 219 Å². The summed E-state index contributed by atoms with van der Waals surface area (Å²) in [6, 6.07) is 25.6. The number of nitrogens with one attached hydrogen (secondary N) is 1. The number of Topliss-reactive ketones (excluding diaryl/α,β-unsaturated/α-hetero) is 1. The van der Waals surface area contributed by atoms with Gasteiger partial charge in [-0.25, -0.2) is 0 Å². The van der Waals surface area contributed by atoms with Gasteiger partial charge in [-0.15, -0.1) is 0 Å². The Bertz CT molecular complexity index is 1200. The predicted molar refractivity (Wildman–Crippen MR) is 146 cm³/mol. The quantitative estimate of drug-likeness (QED) is 0.347. The van der Waals surface area contributed by atoms with Crippen molar-refractivity contribution in [3.63, 3.8) is 0 Å². The van der Waals surface area contributed by atoms with Crippen molar-refractivity contribution in [3.8, 4) is 11.1 Å². The molecule has 0 aliphatic heterocycles. The Morgan fingerprint density at radius 3 is 1.97 bits per heavy atom. The van der Waals surface area contributed by atoms with Crippen LogP contribution in [-0.2, 0) is 19.9 Å². The summed E-state index contributed by atoms with van der Waals surface area (Å²) in [4.78, 5) is 25.9. The standard InChI is InChI=1S/C32H37NO4/c1-5-13-23(34)20-24(35)21-29(30(36)37-31(2,3)4)33-32(22-14-7-6-8-15-22)27-18-11-9-16-25(27)26-17-10-12-19-28(26)32/h6-12,14-19,24,29,33,35H,5,13,20-21H2,1-4H3/t24-,29+/m1/s1. The van der Waals surface area contributed by atoms with E-state index in [1.54, 1.807) is 0 Å². The number of aliphatic hydroxyl groups is 1. The largest absolute Gasteiger partial charge is 0.459 e. The number of aliphatic hydroxyl groups excluding tert-OH is 1. The molecule has 0 saturated heterocycles. The molecule has 0 bridgehead atoms. The Kier molecular flexibility index (Phi) is 7.96. The summed E-state index contributed by atoms with van der Waals surface area (Å²) in [7, 11) is 0. The fourth-order valence-corrected chi connectivity index (χ4v) is 5.32. The Balaban J connectivity index is 1.83. The van der Waals surface area contributed by atoms with E-state index >= 15 is 0 Å². The van der Waals surface area contributed by atoms with E-state index in [0.29, 0.717) is 6.42 Å². The number of fused-ring (bicyclic) bond motifs is 3. The average molecular weight is 500 g/mol. The lowest BCUT2D eigenvalue weighted by molar-refractivity contribution is -0.159. The maximum absolute atomic E-state index is 13.6. The zero-order chi connectivity index (χ0) is 26.6. The van der Waals surface area contributed by atoms with Gasteiger partial charge in [-0.1, -0.05) is 85.8 Å². The summed E-state index contributed by atoms with van der Waals surface area (Å²) in [5.41, 5.74) is 3.69. The predicted octanol–water partition coefficient (Wildman–Crippen LogP) is 5.77. The van der Waals surface area contributed by atoms with Gasteiger partial charge in [-0.2, -0.15) is 0 Å². The molecular weight excluding hydrogens is 462 g/mol. The number of carbonyl (C=O) groups is 2. The number of esters is 1. The number of rotatable bonds is 10. The zero-order valence-corrected chi connectivity index (χ0v) is 22.2. The van der Waals surface area contributed by atoms with Crippen molar-refractivity contribution < 1.29 is 19.4 Å². The van der Waals surface area contributed by atoms with Gasteiger partial charge in [0.1, 0.15) is 17.4 Å². The van der Waals surface area contributed by atoms with Crippen LogP contribution >= 0.6 is 0 Å². The summed E-state index contributed by atoms with van der Waals surface area (Å²) < 4.78 is 5.82. The van der Waals surface area contributed by atoms with Crippen molar-refractivity contribution in [1.29, 1.82) is 0 Å². The van der Waals surface area contributed by atoms with Gasteiger partial charge in [0, 0.05) is 12.8 Å². The van der Waals surface area contributed by atoms with Crippen molar-refractivity contribution in [2.24, 2.45) is 0 Å². The van der Waals surface area contributed by atoms with E-state index in [1.807, 2.05) is 70.2 Å². The minimum absolute atomic E-state index is 0.00716. The Morgan fingerprint density at radius 1 is 0.892 bits per heavy atom. The Morgan fingerprint density at radius 2 is 1.43 bits per heavy atom. The Hall–Kier alpha value is -3.28. The van der Waals surface area contributed by atoms with E-state index in [9.17, 15) is 14.7 Å². The van der Waals surface area contributed by atoms with Crippen molar-refractivity contribution in [2.75, 3.05) is 0 Å². The molecule has 3 aromatic carbocycles. The third-order valence-electron chi connectivity index (χ3n) is 6.74. The number of ether oxygens (including phenoxy) is 1. The molecule has 4 rings (SSSR count). The average Bonchev–Trinajstić information content (AvgIpc) is 3.14. The van der Waals surface area contributed by atoms with Crippen LogP contribution in [0, 0.1) is 0 Å². The van der Waals surface area contributed by atoms with E-state index in [2.05, 4.69) is 41.7 Å². The third kappa shape index (κ3) is 5.68. The second kappa shape index (κ2) is 11.0. The van der Waals surface area contributed by atoms with Crippen molar-refractivity contribution in [3.05, 3.63) is 95.6 Å². The summed E-state index contributed by atoms with van der Waals surface area (Å²) in [5.74, 6) is -0.459. The molecular formula is C32H37NO4. The van der Waals surface area contributed by atoms with E-state index in [0.717, 1.165) is 34.2 Å². The smallest absolute Gasteiger partial charge is 0.323 e. The van der Waals surface area contributed by atoms with Gasteiger partial charge in [-0.3, -0.25) is 14.9 Å². The monoisotopic (exact) mass is 499 g/mol. The molecule has 2 atom stereocenters. The molecule has 1 aliphatic carbocycles. The van der Waals surface area contributed by atoms with Crippen LogP contribution in [0.1, 0.15) is 70.1 Å². The van der Waals surface area contributed by atoms with Crippen LogP contribution in [0.15, 0.2) is 78.9 Å². The van der Waals surface area contributed by atoms with Crippen molar-refractivity contribution in [2.45, 2.75) is 76.7 Å². The number of ketones is 1. The van der Waals surface area contributed by atoms with Gasteiger partial charge in [-0.05, 0) is 61.4 Å². The topological polar surface area (TPSA) is 75.6 Å². The summed E-state index contributed by atoms with van der Waals surface area (Å²) >= 11 is 0. The fourth-order valence-electron chi connectivity index (χ4n) is 5.32. The fraction of sp³-hybridized carbons (Fsp3) is 0.375. The number of benzene rings is 3. The molecule has 5 heteroatoms. The molecule has 5 nitrogen and oxygen atoms in total. The van der Waals surface area contributed by atoms with Crippen molar-refractivity contribution >= 4 is 11.8 Å². The molecule has 0 unspecified atom stereocenters. The maximum atomic E-state index is 13.6. The molecule has 0 amide bonds. The molecule has 0 aromatic heterocycles. The highest BCUT2D eigenvalue weighted by Crippen LogP contribution is 2.51. The minimum atomic E-state index is -0.969. The molecule has 0 radical (unpaired) electrons. The second-order valence-corrected chi connectivity index (χ2v) is 10.8. The summed E-state index contributed by atoms with van der Waals surface area (Å²) in [6.45, 7) is 7.43. The van der Waals surface area contributed by atoms with Crippen LogP contribution < -0.4 is 5.32 Å². The number of carbonyl (C=O) groups excluding carboxylic acids is 2. The maximum Gasteiger partial charge on any atom is 0.323 e. The summed E-state index contributed by atoms with van der Waals surface area (Å²) in [5, 5.41) is 14.6. The molecule has 0 heterocycles. The van der Waals surface area contributed by atoms with Gasteiger partial charge in [0.15, 0.2) is 0 Å². The first-order valence-electron chi connectivity index (χ1n) is 13.1. The van der Waals surface area contributed by atoms with Gasteiger partial charge in [0.05, 0.1) is 11.6 Å². The SMILES string of the molecule is CCCC(=O)C[C@@H](O)C[C@H](NC1(c2ccccc2)c2ccccc2-c2ccccc21)C(=O)OC(C)(C)C. The first-order chi connectivity index (χ1) is 17.7.